The molecule has 1 amide bonds. The number of hydrogen-bond acceptors (Lipinski definition) is 3. The lowest BCUT2D eigenvalue weighted by Crippen LogP contribution is -2.54. The van der Waals surface area contributed by atoms with Crippen LogP contribution in [0.15, 0.2) is 24.3 Å². The molecule has 3 N–H and O–H groups in total. The van der Waals surface area contributed by atoms with E-state index in [0.29, 0.717) is 11.4 Å². The summed E-state index contributed by atoms with van der Waals surface area (Å²) in [7, 11) is 1.62. The molecule has 1 aromatic rings. The Morgan fingerprint density at radius 2 is 2.00 bits per heavy atom. The van der Waals surface area contributed by atoms with Crippen LogP contribution >= 0.6 is 11.6 Å². The van der Waals surface area contributed by atoms with Gasteiger partial charge in [-0.3, -0.25) is 4.79 Å². The zero-order valence-corrected chi connectivity index (χ0v) is 13.9. The summed E-state index contributed by atoms with van der Waals surface area (Å²) in [4.78, 5) is 12.3. The Balaban J connectivity index is 2.78. The van der Waals surface area contributed by atoms with Crippen LogP contribution in [0.1, 0.15) is 45.3 Å². The summed E-state index contributed by atoms with van der Waals surface area (Å²) in [6, 6.07) is 7.21. The third kappa shape index (κ3) is 4.99. The molecule has 1 aromatic carbocycles. The number of ether oxygens (including phenoxy) is 1. The van der Waals surface area contributed by atoms with E-state index in [9.17, 15) is 4.79 Å². The zero-order chi connectivity index (χ0) is 16.0. The van der Waals surface area contributed by atoms with Gasteiger partial charge in [-0.1, -0.05) is 37.1 Å². The first kappa shape index (κ1) is 18.0. The van der Waals surface area contributed by atoms with Crippen LogP contribution in [0.5, 0.6) is 0 Å². The Labute approximate surface area is 132 Å². The van der Waals surface area contributed by atoms with Crippen LogP contribution in [0.25, 0.3) is 0 Å². The molecule has 0 radical (unpaired) electrons. The second-order valence-electron chi connectivity index (χ2n) is 5.64. The van der Waals surface area contributed by atoms with Crippen LogP contribution in [-0.4, -0.2) is 24.6 Å². The molecule has 0 aliphatic rings. The van der Waals surface area contributed by atoms with Gasteiger partial charge in [0, 0.05) is 12.1 Å². The molecule has 0 aliphatic heterocycles. The van der Waals surface area contributed by atoms with Crippen LogP contribution in [0.2, 0.25) is 5.02 Å². The van der Waals surface area contributed by atoms with Crippen molar-refractivity contribution in [1.29, 1.82) is 0 Å². The van der Waals surface area contributed by atoms with Gasteiger partial charge in [0.25, 0.3) is 0 Å². The van der Waals surface area contributed by atoms with Gasteiger partial charge < -0.3 is 15.8 Å². The van der Waals surface area contributed by atoms with Gasteiger partial charge in [0.2, 0.25) is 5.91 Å². The van der Waals surface area contributed by atoms with E-state index >= 15 is 0 Å². The lowest BCUT2D eigenvalue weighted by Gasteiger charge is -2.29. The lowest BCUT2D eigenvalue weighted by atomic mass is 9.95. The number of nitrogens with one attached hydrogen (secondary N) is 1. The molecule has 118 valence electrons. The summed E-state index contributed by atoms with van der Waals surface area (Å²) in [5.41, 5.74) is 6.15. The second kappa shape index (κ2) is 7.78. The molecular weight excluding hydrogens is 288 g/mol. The molecule has 1 rings (SSSR count). The second-order valence-corrected chi connectivity index (χ2v) is 6.07. The highest BCUT2D eigenvalue weighted by Gasteiger charge is 2.30. The molecule has 21 heavy (non-hydrogen) atoms. The minimum Gasteiger partial charge on any atom is -0.375 e. The van der Waals surface area contributed by atoms with Gasteiger partial charge in [0.05, 0.1) is 11.6 Å². The summed E-state index contributed by atoms with van der Waals surface area (Å²) < 4.78 is 5.51. The minimum absolute atomic E-state index is 0.159. The van der Waals surface area contributed by atoms with Crippen LogP contribution in [0, 0.1) is 0 Å². The molecule has 5 heteroatoms. The third-order valence-electron chi connectivity index (χ3n) is 3.55. The average molecular weight is 313 g/mol. The first-order chi connectivity index (χ1) is 9.81. The highest BCUT2D eigenvalue weighted by Crippen LogP contribution is 2.23. The molecular formula is C16H25ClN2O2. The van der Waals surface area contributed by atoms with E-state index in [0.717, 1.165) is 12.0 Å². The summed E-state index contributed by atoms with van der Waals surface area (Å²) in [6.45, 7) is 5.67. The van der Waals surface area contributed by atoms with Crippen molar-refractivity contribution in [3.8, 4) is 0 Å². The van der Waals surface area contributed by atoms with Crippen molar-refractivity contribution in [3.63, 3.8) is 0 Å². The first-order valence-electron chi connectivity index (χ1n) is 7.20. The van der Waals surface area contributed by atoms with Gasteiger partial charge in [0.1, 0.15) is 6.10 Å². The van der Waals surface area contributed by atoms with Gasteiger partial charge in [-0.05, 0) is 38.0 Å². The van der Waals surface area contributed by atoms with E-state index in [1.807, 2.05) is 38.1 Å². The van der Waals surface area contributed by atoms with Crippen LogP contribution in [-0.2, 0) is 9.53 Å². The number of carbonyl (C=O) groups is 1. The standard InChI is InChI=1S/C16H25ClN2O2/c1-5-10-16(3,18)15(20)19-11(2)14(21-4)12-6-8-13(17)9-7-12/h6-9,11,14H,5,10,18H2,1-4H3,(H,19,20). The monoisotopic (exact) mass is 312 g/mol. The quantitative estimate of drug-likeness (QED) is 0.813. The normalized spacial score (nSPS) is 16.9. The molecule has 0 aliphatic carbocycles. The van der Waals surface area contributed by atoms with E-state index in [1.54, 1.807) is 14.0 Å². The maximum Gasteiger partial charge on any atom is 0.240 e. The molecule has 0 fully saturated rings. The Hall–Kier alpha value is -1.10. The molecule has 0 spiro atoms. The predicted octanol–water partition coefficient (Wildman–Crippen LogP) is 3.05. The third-order valence-corrected chi connectivity index (χ3v) is 3.81. The SMILES string of the molecule is CCCC(C)(N)C(=O)NC(C)C(OC)c1ccc(Cl)cc1. The Morgan fingerprint density at radius 1 is 1.43 bits per heavy atom. The minimum atomic E-state index is -0.860. The molecule has 4 nitrogen and oxygen atoms in total. The molecule has 0 saturated carbocycles. The summed E-state index contributed by atoms with van der Waals surface area (Å²) in [5.74, 6) is -0.159. The van der Waals surface area contributed by atoms with Crippen molar-refractivity contribution >= 4 is 17.5 Å². The Bertz CT molecular complexity index is 460. The number of nitrogens with two attached hydrogens (primary N) is 1. The topological polar surface area (TPSA) is 64.4 Å². The van der Waals surface area contributed by atoms with Crippen molar-refractivity contribution in [2.24, 2.45) is 5.73 Å². The summed E-state index contributed by atoms with van der Waals surface area (Å²) >= 11 is 5.89. The highest BCUT2D eigenvalue weighted by molar-refractivity contribution is 6.30. The van der Waals surface area contributed by atoms with E-state index in [-0.39, 0.29) is 18.1 Å². The van der Waals surface area contributed by atoms with Crippen LogP contribution in [0.3, 0.4) is 0 Å². The Morgan fingerprint density at radius 3 is 2.48 bits per heavy atom. The van der Waals surface area contributed by atoms with E-state index < -0.39 is 5.54 Å². The molecule has 0 heterocycles. The smallest absolute Gasteiger partial charge is 0.240 e. The largest absolute Gasteiger partial charge is 0.375 e. The predicted molar refractivity (Wildman–Crippen MR) is 86.3 cm³/mol. The van der Waals surface area contributed by atoms with Crippen LogP contribution < -0.4 is 11.1 Å². The van der Waals surface area contributed by atoms with Crippen molar-refractivity contribution in [2.45, 2.75) is 51.3 Å². The maximum absolute atomic E-state index is 12.3. The number of rotatable bonds is 7. The summed E-state index contributed by atoms with van der Waals surface area (Å²) in [6.07, 6.45) is 1.26. The average Bonchev–Trinajstić information content (AvgIpc) is 2.41. The number of benzene rings is 1. The molecule has 0 bridgehead atoms. The molecule has 0 aromatic heterocycles. The summed E-state index contributed by atoms with van der Waals surface area (Å²) in [5, 5.41) is 3.62. The number of halogens is 1. The van der Waals surface area contributed by atoms with Gasteiger partial charge in [-0.2, -0.15) is 0 Å². The van der Waals surface area contributed by atoms with Gasteiger partial charge in [0.15, 0.2) is 0 Å². The van der Waals surface area contributed by atoms with E-state index in [1.165, 1.54) is 0 Å². The molecule has 3 unspecified atom stereocenters. The molecule has 0 saturated heterocycles. The maximum atomic E-state index is 12.3. The highest BCUT2D eigenvalue weighted by atomic mass is 35.5. The van der Waals surface area contributed by atoms with Crippen molar-refractivity contribution in [1.82, 2.24) is 5.32 Å². The van der Waals surface area contributed by atoms with Crippen LogP contribution in [0.4, 0.5) is 0 Å². The van der Waals surface area contributed by atoms with Gasteiger partial charge in [-0.15, -0.1) is 0 Å². The fraction of sp³-hybridized carbons (Fsp3) is 0.562. The lowest BCUT2D eigenvalue weighted by molar-refractivity contribution is -0.127. The number of amides is 1. The van der Waals surface area contributed by atoms with Gasteiger partial charge >= 0.3 is 0 Å². The number of carbonyl (C=O) groups excluding carboxylic acids is 1. The first-order valence-corrected chi connectivity index (χ1v) is 7.57. The number of hydrogen-bond donors (Lipinski definition) is 2. The van der Waals surface area contributed by atoms with Crippen molar-refractivity contribution in [2.75, 3.05) is 7.11 Å². The van der Waals surface area contributed by atoms with Crippen molar-refractivity contribution in [3.05, 3.63) is 34.9 Å². The number of methoxy groups -OCH3 is 1. The molecule has 3 atom stereocenters. The van der Waals surface area contributed by atoms with Crippen molar-refractivity contribution < 1.29 is 9.53 Å². The fourth-order valence-corrected chi connectivity index (χ4v) is 2.49. The van der Waals surface area contributed by atoms with E-state index in [2.05, 4.69) is 5.32 Å². The zero-order valence-electron chi connectivity index (χ0n) is 13.2. The Kier molecular flexibility index (Phi) is 6.65. The van der Waals surface area contributed by atoms with Gasteiger partial charge in [-0.25, -0.2) is 0 Å². The van der Waals surface area contributed by atoms with E-state index in [4.69, 9.17) is 22.1 Å². The fourth-order valence-electron chi connectivity index (χ4n) is 2.36.